The van der Waals surface area contributed by atoms with Gasteiger partial charge >= 0.3 is 0 Å². The second-order valence-electron chi connectivity index (χ2n) is 8.50. The maximum Gasteiger partial charge on any atom is 0.252 e. The molecule has 0 saturated heterocycles. The fourth-order valence-corrected chi connectivity index (χ4v) is 4.96. The van der Waals surface area contributed by atoms with E-state index in [2.05, 4.69) is 48.7 Å². The summed E-state index contributed by atoms with van der Waals surface area (Å²) in [5.41, 5.74) is 10.9. The van der Waals surface area contributed by atoms with Crippen LogP contribution in [0.15, 0.2) is 42.5 Å². The highest BCUT2D eigenvalue weighted by molar-refractivity contribution is 6.00. The number of carbonyl (C=O) groups is 1. The zero-order valence-electron chi connectivity index (χ0n) is 16.9. The van der Waals surface area contributed by atoms with E-state index >= 15 is 0 Å². The van der Waals surface area contributed by atoms with E-state index in [1.165, 1.54) is 36.9 Å². The van der Waals surface area contributed by atoms with E-state index in [1.54, 1.807) is 6.07 Å². The number of rotatable bonds is 7. The highest BCUT2D eigenvalue weighted by Gasteiger charge is 2.43. The first-order valence-corrected chi connectivity index (χ1v) is 10.6. The third kappa shape index (κ3) is 3.48. The first-order chi connectivity index (χ1) is 13.6. The molecule has 0 radical (unpaired) electrons. The Balaban J connectivity index is 1.62. The standard InChI is InChI=1S/C24H31N3O/c1-3-4-5-8-15(2)13-21-22(18-9-6-7-10-20(18)26-21)23-17-12-11-16(25)14-19(17)24(28)27-23/h6-7,9-12,14-15,21-23,26H,3-5,8,13,25H2,1-2H3,(H,27,28). The van der Waals surface area contributed by atoms with Gasteiger partial charge in [0, 0.05) is 28.9 Å². The van der Waals surface area contributed by atoms with Gasteiger partial charge in [0.25, 0.3) is 5.91 Å². The lowest BCUT2D eigenvalue weighted by Gasteiger charge is -2.29. The molecule has 4 heteroatoms. The van der Waals surface area contributed by atoms with Gasteiger partial charge in [-0.25, -0.2) is 0 Å². The summed E-state index contributed by atoms with van der Waals surface area (Å²) in [7, 11) is 0. The number of nitrogens with one attached hydrogen (secondary N) is 2. The van der Waals surface area contributed by atoms with E-state index in [0.717, 1.165) is 17.5 Å². The van der Waals surface area contributed by atoms with Crippen molar-refractivity contribution in [2.45, 2.75) is 64.0 Å². The molecule has 2 aliphatic heterocycles. The van der Waals surface area contributed by atoms with E-state index in [-0.39, 0.29) is 17.9 Å². The summed E-state index contributed by atoms with van der Waals surface area (Å²) in [6, 6.07) is 14.6. The minimum atomic E-state index is -0.00794. The van der Waals surface area contributed by atoms with Crippen molar-refractivity contribution >= 4 is 17.3 Å². The minimum Gasteiger partial charge on any atom is -0.399 e. The van der Waals surface area contributed by atoms with Gasteiger partial charge < -0.3 is 16.4 Å². The van der Waals surface area contributed by atoms with Crippen molar-refractivity contribution in [3.63, 3.8) is 0 Å². The number of benzene rings is 2. The maximum atomic E-state index is 12.6. The van der Waals surface area contributed by atoms with Crippen molar-refractivity contribution in [3.05, 3.63) is 59.2 Å². The first kappa shape index (κ1) is 18.9. The molecule has 2 aromatic rings. The Hall–Kier alpha value is -2.49. The molecule has 148 valence electrons. The molecule has 2 aliphatic rings. The molecule has 4 atom stereocenters. The zero-order valence-corrected chi connectivity index (χ0v) is 16.9. The third-order valence-electron chi connectivity index (χ3n) is 6.35. The Morgan fingerprint density at radius 1 is 1.07 bits per heavy atom. The van der Waals surface area contributed by atoms with Crippen LogP contribution in [-0.2, 0) is 0 Å². The zero-order chi connectivity index (χ0) is 19.7. The molecule has 2 heterocycles. The fraction of sp³-hybridized carbons (Fsp3) is 0.458. The number of fused-ring (bicyclic) bond motifs is 2. The number of amides is 1. The summed E-state index contributed by atoms with van der Waals surface area (Å²) in [5.74, 6) is 0.883. The molecular formula is C24H31N3O. The summed E-state index contributed by atoms with van der Waals surface area (Å²) in [6.45, 7) is 4.61. The van der Waals surface area contributed by atoms with Crippen LogP contribution in [0.25, 0.3) is 0 Å². The van der Waals surface area contributed by atoms with Crippen molar-refractivity contribution < 1.29 is 4.79 Å². The smallest absolute Gasteiger partial charge is 0.252 e. The Bertz CT molecular complexity index is 863. The van der Waals surface area contributed by atoms with Crippen LogP contribution in [0.3, 0.4) is 0 Å². The van der Waals surface area contributed by atoms with Crippen molar-refractivity contribution in [2.24, 2.45) is 5.92 Å². The fourth-order valence-electron chi connectivity index (χ4n) is 4.96. The molecule has 1 amide bonds. The van der Waals surface area contributed by atoms with E-state index in [1.807, 2.05) is 12.1 Å². The van der Waals surface area contributed by atoms with E-state index in [9.17, 15) is 4.79 Å². The molecular weight excluding hydrogens is 346 g/mol. The molecule has 0 spiro atoms. The predicted octanol–water partition coefficient (Wildman–Crippen LogP) is 5.24. The van der Waals surface area contributed by atoms with Crippen LogP contribution in [-0.4, -0.2) is 11.9 Å². The van der Waals surface area contributed by atoms with Crippen LogP contribution < -0.4 is 16.4 Å². The number of unbranched alkanes of at least 4 members (excludes halogenated alkanes) is 2. The van der Waals surface area contributed by atoms with Crippen LogP contribution in [0.4, 0.5) is 11.4 Å². The molecule has 4 nitrogen and oxygen atoms in total. The van der Waals surface area contributed by atoms with E-state index in [4.69, 9.17) is 5.73 Å². The number of anilines is 2. The number of nitrogen functional groups attached to an aromatic ring is 1. The van der Waals surface area contributed by atoms with Gasteiger partial charge in [0.1, 0.15) is 0 Å². The lowest BCUT2D eigenvalue weighted by molar-refractivity contribution is 0.0951. The normalized spacial score (nSPS) is 23.6. The van der Waals surface area contributed by atoms with Crippen LogP contribution in [0.2, 0.25) is 0 Å². The molecule has 0 bridgehead atoms. The highest BCUT2D eigenvalue weighted by atomic mass is 16.2. The number of nitrogens with two attached hydrogens (primary N) is 1. The Kier molecular flexibility index (Phi) is 5.29. The summed E-state index contributed by atoms with van der Waals surface area (Å²) in [5, 5.41) is 7.01. The maximum absolute atomic E-state index is 12.6. The largest absolute Gasteiger partial charge is 0.399 e. The molecule has 0 saturated carbocycles. The summed E-state index contributed by atoms with van der Waals surface area (Å²) < 4.78 is 0. The van der Waals surface area contributed by atoms with Crippen molar-refractivity contribution in [3.8, 4) is 0 Å². The predicted molar refractivity (Wildman–Crippen MR) is 116 cm³/mol. The van der Waals surface area contributed by atoms with Gasteiger partial charge in [-0.2, -0.15) is 0 Å². The molecule has 28 heavy (non-hydrogen) atoms. The van der Waals surface area contributed by atoms with Gasteiger partial charge in [-0.1, -0.05) is 63.8 Å². The quantitative estimate of drug-likeness (QED) is 0.457. The van der Waals surface area contributed by atoms with E-state index < -0.39 is 0 Å². The Morgan fingerprint density at radius 2 is 1.89 bits per heavy atom. The monoisotopic (exact) mass is 377 g/mol. The van der Waals surface area contributed by atoms with Crippen molar-refractivity contribution in [2.75, 3.05) is 11.1 Å². The van der Waals surface area contributed by atoms with Crippen LogP contribution in [0.5, 0.6) is 0 Å². The number of carbonyl (C=O) groups excluding carboxylic acids is 1. The molecule has 2 aromatic carbocycles. The molecule has 0 fully saturated rings. The van der Waals surface area contributed by atoms with Gasteiger partial charge in [-0.15, -0.1) is 0 Å². The van der Waals surface area contributed by atoms with Crippen LogP contribution >= 0.6 is 0 Å². The number of hydrogen-bond acceptors (Lipinski definition) is 3. The number of hydrogen-bond donors (Lipinski definition) is 3. The van der Waals surface area contributed by atoms with Crippen LogP contribution in [0.1, 0.15) is 79.4 Å². The third-order valence-corrected chi connectivity index (χ3v) is 6.35. The molecule has 4 unspecified atom stereocenters. The van der Waals surface area contributed by atoms with Gasteiger partial charge in [0.15, 0.2) is 0 Å². The second kappa shape index (κ2) is 7.86. The average molecular weight is 378 g/mol. The lowest BCUT2D eigenvalue weighted by Crippen LogP contribution is -2.33. The molecule has 4 rings (SSSR count). The summed E-state index contributed by atoms with van der Waals surface area (Å²) in [6.07, 6.45) is 6.24. The highest BCUT2D eigenvalue weighted by Crippen LogP contribution is 2.48. The molecule has 0 aliphatic carbocycles. The summed E-state index contributed by atoms with van der Waals surface area (Å²) >= 11 is 0. The van der Waals surface area contributed by atoms with Crippen LogP contribution in [0, 0.1) is 5.92 Å². The van der Waals surface area contributed by atoms with Gasteiger partial charge in [0.05, 0.1) is 6.04 Å². The molecule has 4 N–H and O–H groups in total. The van der Waals surface area contributed by atoms with Crippen molar-refractivity contribution in [1.82, 2.24) is 5.32 Å². The minimum absolute atomic E-state index is 0.00732. The topological polar surface area (TPSA) is 67.1 Å². The average Bonchev–Trinajstić information content (AvgIpc) is 3.19. The Labute approximate surface area is 167 Å². The second-order valence-corrected chi connectivity index (χ2v) is 8.50. The van der Waals surface area contributed by atoms with E-state index in [0.29, 0.717) is 17.6 Å². The van der Waals surface area contributed by atoms with Gasteiger partial charge in [-0.05, 0) is 41.7 Å². The van der Waals surface area contributed by atoms with Crippen molar-refractivity contribution in [1.29, 1.82) is 0 Å². The molecule has 0 aromatic heterocycles. The lowest BCUT2D eigenvalue weighted by atomic mass is 9.80. The summed E-state index contributed by atoms with van der Waals surface area (Å²) in [4.78, 5) is 12.6. The first-order valence-electron chi connectivity index (χ1n) is 10.6. The van der Waals surface area contributed by atoms with Gasteiger partial charge in [-0.3, -0.25) is 4.79 Å². The number of para-hydroxylation sites is 1. The SMILES string of the molecule is CCCCCC(C)CC1Nc2ccccc2C1C1NC(=O)c2cc(N)ccc21. The van der Waals surface area contributed by atoms with Gasteiger partial charge in [0.2, 0.25) is 0 Å². The Morgan fingerprint density at radius 3 is 2.71 bits per heavy atom.